The van der Waals surface area contributed by atoms with Crippen molar-refractivity contribution in [2.45, 2.75) is 63.2 Å². The normalized spacial score (nSPS) is 22.0. The minimum absolute atomic E-state index is 0.0208. The fraction of sp³-hybridized carbons (Fsp3) is 0.560. The van der Waals surface area contributed by atoms with Crippen molar-refractivity contribution in [2.24, 2.45) is 6.98 Å². The number of sulfonamides is 1. The highest BCUT2D eigenvalue weighted by Crippen LogP contribution is 2.31. The van der Waals surface area contributed by atoms with Crippen molar-refractivity contribution in [3.63, 3.8) is 0 Å². The average Bonchev–Trinajstić information content (AvgIpc) is 3.50. The molecule has 36 heavy (non-hydrogen) atoms. The number of fused-ring (bicyclic) bond motifs is 1. The Morgan fingerprint density at radius 3 is 2.89 bits per heavy atom. The first kappa shape index (κ1) is 17.7. The van der Waals surface area contributed by atoms with E-state index in [-0.39, 0.29) is 46.3 Å². The van der Waals surface area contributed by atoms with Gasteiger partial charge in [-0.1, -0.05) is 20.2 Å². The molecular formula is C25H36N6O4S. The molecule has 3 heterocycles. The van der Waals surface area contributed by atoms with E-state index in [1.807, 2.05) is 6.92 Å². The Labute approximate surface area is 223 Å². The molecule has 1 fully saturated rings. The summed E-state index contributed by atoms with van der Waals surface area (Å²) in [6.45, 7) is -0.709. The smallest absolute Gasteiger partial charge is 0.277 e. The molecule has 2 N–H and O–H groups in total. The number of likely N-dealkylation sites (tertiary alicyclic amines) is 1. The van der Waals surface area contributed by atoms with Gasteiger partial charge in [0.15, 0.2) is 5.52 Å². The van der Waals surface area contributed by atoms with Crippen LogP contribution in [0.25, 0.3) is 22.4 Å². The molecule has 0 aliphatic carbocycles. The van der Waals surface area contributed by atoms with E-state index in [1.165, 1.54) is 19.1 Å². The summed E-state index contributed by atoms with van der Waals surface area (Å²) in [5.41, 5.74) is -1.52. The lowest BCUT2D eigenvalue weighted by molar-refractivity contribution is 0.297. The zero-order valence-electron chi connectivity index (χ0n) is 28.5. The van der Waals surface area contributed by atoms with Gasteiger partial charge in [-0.25, -0.2) is 18.1 Å². The fourth-order valence-corrected chi connectivity index (χ4v) is 4.97. The molecule has 1 saturated heterocycles. The predicted octanol–water partition coefficient (Wildman–Crippen LogP) is 2.83. The van der Waals surface area contributed by atoms with Crippen LogP contribution in [0.15, 0.2) is 27.9 Å². The van der Waals surface area contributed by atoms with Gasteiger partial charge in [0.05, 0.1) is 22.8 Å². The summed E-state index contributed by atoms with van der Waals surface area (Å²) in [6.07, 6.45) is -2.58. The Kier molecular flexibility index (Phi) is 5.44. The molecule has 2 unspecified atom stereocenters. The van der Waals surface area contributed by atoms with Gasteiger partial charge in [-0.2, -0.15) is 5.10 Å². The minimum Gasteiger partial charge on any atom is -0.493 e. The molecule has 1 aliphatic rings. The molecule has 0 amide bonds. The van der Waals surface area contributed by atoms with Crippen LogP contribution >= 0.6 is 0 Å². The van der Waals surface area contributed by atoms with Crippen molar-refractivity contribution in [3.8, 4) is 17.1 Å². The van der Waals surface area contributed by atoms with Gasteiger partial charge in [0.2, 0.25) is 10.0 Å². The van der Waals surface area contributed by atoms with E-state index >= 15 is 0 Å². The monoisotopic (exact) mass is 524 g/mol. The third-order valence-corrected chi connectivity index (χ3v) is 7.24. The first-order valence-corrected chi connectivity index (χ1v) is 13.2. The Morgan fingerprint density at radius 1 is 1.36 bits per heavy atom. The molecule has 0 saturated carbocycles. The third-order valence-electron chi connectivity index (χ3n) is 5.93. The zero-order chi connectivity index (χ0) is 32.8. The second kappa shape index (κ2) is 11.1. The Hall–Kier alpha value is -2.76. The molecule has 1 aromatic carbocycles. The van der Waals surface area contributed by atoms with Crippen LogP contribution in [-0.2, 0) is 23.4 Å². The molecule has 11 heteroatoms. The zero-order valence-corrected chi connectivity index (χ0v) is 21.3. The van der Waals surface area contributed by atoms with Gasteiger partial charge in [0.25, 0.3) is 5.56 Å². The SMILES string of the molecule is [2H]C(NS(=O)(=O)c1ccc(OCCC)c(-c2nc3c(CC([2H])([2H])C)nn(C([2H])([2H])[2H])c3c(=O)[nH]2)c1)C([2H])([2H])C1CCCN1C. The van der Waals surface area contributed by atoms with E-state index in [9.17, 15) is 13.2 Å². The van der Waals surface area contributed by atoms with Gasteiger partial charge in [-0.3, -0.25) is 9.48 Å². The predicted molar refractivity (Wildman–Crippen MR) is 140 cm³/mol. The number of hydrogen-bond acceptors (Lipinski definition) is 7. The van der Waals surface area contributed by atoms with Crippen LogP contribution in [0.5, 0.6) is 5.75 Å². The number of aryl methyl sites for hydroxylation is 2. The lowest BCUT2D eigenvalue weighted by atomic mass is 10.1. The van der Waals surface area contributed by atoms with E-state index in [0.29, 0.717) is 24.1 Å². The van der Waals surface area contributed by atoms with Gasteiger partial charge in [-0.15, -0.1) is 0 Å². The third kappa shape index (κ3) is 5.47. The largest absolute Gasteiger partial charge is 0.493 e. The van der Waals surface area contributed by atoms with Crippen molar-refractivity contribution >= 4 is 21.1 Å². The number of nitrogens with zero attached hydrogens (tertiary/aromatic N) is 4. The van der Waals surface area contributed by atoms with Crippen LogP contribution in [0.3, 0.4) is 0 Å². The summed E-state index contributed by atoms with van der Waals surface area (Å²) in [7, 11) is -2.74. The van der Waals surface area contributed by atoms with Crippen molar-refractivity contribution in [1.29, 1.82) is 0 Å². The lowest BCUT2D eigenvalue weighted by Gasteiger charge is -2.19. The number of benzene rings is 1. The topological polar surface area (TPSA) is 122 Å². The molecule has 0 spiro atoms. The van der Waals surface area contributed by atoms with Crippen LogP contribution in [0.2, 0.25) is 0 Å². The van der Waals surface area contributed by atoms with Gasteiger partial charge in [0, 0.05) is 30.5 Å². The summed E-state index contributed by atoms with van der Waals surface area (Å²) in [4.78, 5) is 21.6. The number of nitrogens with one attached hydrogen (secondary N) is 2. The highest BCUT2D eigenvalue weighted by Gasteiger charge is 2.23. The number of rotatable bonds is 11. The molecule has 1 aliphatic heterocycles. The summed E-state index contributed by atoms with van der Waals surface area (Å²) >= 11 is 0. The Balaban J connectivity index is 1.83. The maximum absolute atomic E-state index is 13.4. The van der Waals surface area contributed by atoms with E-state index in [4.69, 9.17) is 15.7 Å². The number of aromatic nitrogens is 4. The average molecular weight is 525 g/mol. The minimum atomic E-state index is -4.47. The lowest BCUT2D eigenvalue weighted by Crippen LogP contribution is -2.31. The molecule has 196 valence electrons. The maximum Gasteiger partial charge on any atom is 0.277 e. The fourth-order valence-electron chi connectivity index (χ4n) is 4.09. The summed E-state index contributed by atoms with van der Waals surface area (Å²) in [5.74, 6) is -0.0341. The molecule has 4 rings (SSSR count). The quantitative estimate of drug-likeness (QED) is 0.395. The van der Waals surface area contributed by atoms with Crippen molar-refractivity contribution in [2.75, 3.05) is 26.7 Å². The first-order chi connectivity index (χ1) is 20.3. The standard InChI is InChI=1S/C25H36N6O4S/c1-5-8-20-22-23(31(4)29-20)25(32)28-24(27-22)19-16-18(10-11-21(19)35-15-6-2)36(33,34)26-13-12-17-9-7-14-30(17)3/h10-11,16-17,26H,5-9,12-15H2,1-4H3,(H,27,28,32)/i4D3,5D2,12D2,13D. The van der Waals surface area contributed by atoms with Crippen LogP contribution in [0, 0.1) is 0 Å². The molecule has 10 nitrogen and oxygen atoms in total. The molecule has 0 bridgehead atoms. The van der Waals surface area contributed by atoms with Gasteiger partial charge < -0.3 is 14.6 Å². The highest BCUT2D eigenvalue weighted by atomic mass is 32.2. The highest BCUT2D eigenvalue weighted by molar-refractivity contribution is 7.89. The van der Waals surface area contributed by atoms with Gasteiger partial charge in [-0.05, 0) is 63.8 Å². The first-order valence-electron chi connectivity index (χ1n) is 15.8. The molecule has 3 aromatic rings. The molecule has 0 radical (unpaired) electrons. The summed E-state index contributed by atoms with van der Waals surface area (Å²) < 4.78 is 100. The van der Waals surface area contributed by atoms with Crippen molar-refractivity contribution in [1.82, 2.24) is 29.4 Å². The van der Waals surface area contributed by atoms with Gasteiger partial charge in [0.1, 0.15) is 17.1 Å². The van der Waals surface area contributed by atoms with E-state index in [2.05, 4.69) is 19.8 Å². The second-order valence-electron chi connectivity index (χ2n) is 8.58. The van der Waals surface area contributed by atoms with E-state index in [1.54, 1.807) is 11.9 Å². The van der Waals surface area contributed by atoms with Crippen LogP contribution in [-0.4, -0.2) is 65.8 Å². The van der Waals surface area contributed by atoms with Crippen LogP contribution < -0.4 is 15.0 Å². The number of hydrogen-bond donors (Lipinski definition) is 2. The van der Waals surface area contributed by atoms with Crippen molar-refractivity contribution < 1.29 is 24.1 Å². The van der Waals surface area contributed by atoms with Gasteiger partial charge >= 0.3 is 0 Å². The van der Waals surface area contributed by atoms with Crippen LogP contribution in [0.1, 0.15) is 62.5 Å². The number of ether oxygens (including phenoxy) is 1. The summed E-state index contributed by atoms with van der Waals surface area (Å²) in [6, 6.07) is 3.09. The number of aromatic amines is 1. The maximum atomic E-state index is 13.4. The Morgan fingerprint density at radius 2 is 2.19 bits per heavy atom. The second-order valence-corrected chi connectivity index (χ2v) is 10.3. The van der Waals surface area contributed by atoms with E-state index < -0.39 is 53.4 Å². The number of H-pyrrole nitrogens is 1. The molecular weight excluding hydrogens is 480 g/mol. The van der Waals surface area contributed by atoms with Crippen LogP contribution in [0.4, 0.5) is 0 Å². The molecule has 2 atom stereocenters. The Bertz CT molecular complexity index is 1690. The summed E-state index contributed by atoms with van der Waals surface area (Å²) in [5, 5.41) is 4.00. The van der Waals surface area contributed by atoms with Crippen molar-refractivity contribution in [3.05, 3.63) is 34.2 Å². The van der Waals surface area contributed by atoms with E-state index in [0.717, 1.165) is 12.5 Å². The molecule has 2 aromatic heterocycles.